The standard InChI is InChI=1S/C18H19NO3/c1-19-8-7-18-11-4-6-14(21-2)17(18)22-16-13(20)5-3-10(15(16)18)9-12(11)19/h3-6,12,17,20H,7-9H2,1-2H3/t12-,17+,18?/m1/s1. The summed E-state index contributed by atoms with van der Waals surface area (Å²) in [5.74, 6) is 1.77. The average molecular weight is 297 g/mol. The number of hydrogen-bond donors (Lipinski definition) is 1. The fourth-order valence-corrected chi connectivity index (χ4v) is 4.95. The summed E-state index contributed by atoms with van der Waals surface area (Å²) in [7, 11) is 3.90. The third-order valence-electron chi connectivity index (χ3n) is 5.95. The molecule has 1 aromatic carbocycles. The Labute approximate surface area is 129 Å². The maximum absolute atomic E-state index is 10.3. The fourth-order valence-electron chi connectivity index (χ4n) is 4.95. The molecule has 0 radical (unpaired) electrons. The van der Waals surface area contributed by atoms with E-state index in [1.807, 2.05) is 6.08 Å². The van der Waals surface area contributed by atoms with Crippen LogP contribution in [0.5, 0.6) is 11.5 Å². The van der Waals surface area contributed by atoms with Gasteiger partial charge >= 0.3 is 0 Å². The van der Waals surface area contributed by atoms with Crippen molar-refractivity contribution in [3.8, 4) is 11.5 Å². The summed E-state index contributed by atoms with van der Waals surface area (Å²) in [6.45, 7) is 1.04. The summed E-state index contributed by atoms with van der Waals surface area (Å²) < 4.78 is 11.8. The number of phenolic OH excluding ortho intramolecular Hbond substituents is 1. The van der Waals surface area contributed by atoms with Gasteiger partial charge in [0.05, 0.1) is 12.5 Å². The fraction of sp³-hybridized carbons (Fsp3) is 0.444. The molecule has 0 aromatic heterocycles. The zero-order valence-electron chi connectivity index (χ0n) is 12.8. The molecule has 22 heavy (non-hydrogen) atoms. The molecule has 4 heteroatoms. The summed E-state index contributed by atoms with van der Waals surface area (Å²) >= 11 is 0. The average Bonchev–Trinajstić information content (AvgIpc) is 2.88. The third kappa shape index (κ3) is 1.20. The lowest BCUT2D eigenvalue weighted by atomic mass is 9.57. The second-order valence-electron chi connectivity index (χ2n) is 6.76. The van der Waals surface area contributed by atoms with Gasteiger partial charge in [-0.15, -0.1) is 0 Å². The number of phenols is 1. The normalized spacial score (nSPS) is 34.5. The molecule has 1 fully saturated rings. The largest absolute Gasteiger partial charge is 0.504 e. The van der Waals surface area contributed by atoms with E-state index in [0.717, 1.165) is 25.1 Å². The zero-order valence-corrected chi connectivity index (χ0v) is 12.8. The van der Waals surface area contributed by atoms with E-state index in [1.165, 1.54) is 16.7 Å². The molecule has 2 aliphatic heterocycles. The van der Waals surface area contributed by atoms with Gasteiger partial charge in [0.2, 0.25) is 0 Å². The molecular formula is C18H19NO3. The van der Waals surface area contributed by atoms with Gasteiger partial charge in [-0.2, -0.15) is 0 Å². The first-order valence-electron chi connectivity index (χ1n) is 7.85. The predicted molar refractivity (Wildman–Crippen MR) is 82.1 cm³/mol. The van der Waals surface area contributed by atoms with Crippen LogP contribution in [-0.4, -0.2) is 42.9 Å². The summed E-state index contributed by atoms with van der Waals surface area (Å²) in [5.41, 5.74) is 3.78. The molecule has 5 rings (SSSR count). The molecule has 1 unspecified atom stereocenters. The minimum Gasteiger partial charge on any atom is -0.504 e. The van der Waals surface area contributed by atoms with Crippen molar-refractivity contribution in [3.05, 3.63) is 46.7 Å². The number of piperidine rings is 1. The number of benzene rings is 1. The van der Waals surface area contributed by atoms with Crippen LogP contribution in [0, 0.1) is 0 Å². The molecule has 114 valence electrons. The molecule has 2 aliphatic carbocycles. The van der Waals surface area contributed by atoms with E-state index in [2.05, 4.69) is 24.1 Å². The Hall–Kier alpha value is -1.94. The summed E-state index contributed by atoms with van der Waals surface area (Å²) in [5, 5.41) is 10.3. The van der Waals surface area contributed by atoms with Crippen LogP contribution in [0.4, 0.5) is 0 Å². The molecule has 1 aromatic rings. The lowest BCUT2D eigenvalue weighted by molar-refractivity contribution is 0.0735. The topological polar surface area (TPSA) is 41.9 Å². The van der Waals surface area contributed by atoms with Crippen LogP contribution in [0.3, 0.4) is 0 Å². The molecule has 2 heterocycles. The van der Waals surface area contributed by atoms with E-state index in [-0.39, 0.29) is 17.3 Å². The quantitative estimate of drug-likeness (QED) is 0.862. The van der Waals surface area contributed by atoms with Crippen molar-refractivity contribution in [2.75, 3.05) is 20.7 Å². The monoisotopic (exact) mass is 297 g/mol. The Morgan fingerprint density at radius 2 is 2.23 bits per heavy atom. The Balaban J connectivity index is 1.86. The number of ether oxygens (including phenoxy) is 2. The molecule has 0 amide bonds. The number of allylic oxidation sites excluding steroid dienone is 2. The molecule has 1 spiro atoms. The minimum absolute atomic E-state index is 0.143. The van der Waals surface area contributed by atoms with Gasteiger partial charge in [0.15, 0.2) is 17.6 Å². The van der Waals surface area contributed by atoms with Crippen molar-refractivity contribution in [2.24, 2.45) is 0 Å². The Morgan fingerprint density at radius 3 is 3.05 bits per heavy atom. The summed E-state index contributed by atoms with van der Waals surface area (Å²) in [6.07, 6.45) is 6.11. The highest BCUT2D eigenvalue weighted by atomic mass is 16.5. The number of likely N-dealkylation sites (N-methyl/N-ethyl adjacent to an activating group) is 1. The van der Waals surface area contributed by atoms with Gasteiger partial charge in [0, 0.05) is 11.6 Å². The zero-order chi connectivity index (χ0) is 15.1. The maximum atomic E-state index is 10.3. The van der Waals surface area contributed by atoms with Crippen LogP contribution in [0.2, 0.25) is 0 Å². The smallest absolute Gasteiger partial charge is 0.169 e. The number of aromatic hydroxyl groups is 1. The lowest BCUT2D eigenvalue weighted by Crippen LogP contribution is -2.58. The highest BCUT2D eigenvalue weighted by Gasteiger charge is 2.61. The molecule has 1 saturated heterocycles. The SMILES string of the molecule is COC1=CC=C2[C@H]3Cc4ccc(O)c5c4C2(CCN3C)[C@H]1O5. The number of methoxy groups -OCH3 is 1. The summed E-state index contributed by atoms with van der Waals surface area (Å²) in [6, 6.07) is 4.25. The molecule has 2 bridgehead atoms. The molecule has 3 atom stereocenters. The van der Waals surface area contributed by atoms with Crippen molar-refractivity contribution in [3.63, 3.8) is 0 Å². The van der Waals surface area contributed by atoms with Gasteiger partial charge in [0.25, 0.3) is 0 Å². The van der Waals surface area contributed by atoms with Crippen molar-refractivity contribution < 1.29 is 14.6 Å². The van der Waals surface area contributed by atoms with Crippen molar-refractivity contribution in [1.29, 1.82) is 0 Å². The van der Waals surface area contributed by atoms with Crippen LogP contribution < -0.4 is 4.74 Å². The number of rotatable bonds is 1. The van der Waals surface area contributed by atoms with E-state index in [4.69, 9.17) is 9.47 Å². The van der Waals surface area contributed by atoms with E-state index in [0.29, 0.717) is 11.8 Å². The number of hydrogen-bond acceptors (Lipinski definition) is 4. The number of likely N-dealkylation sites (tertiary alicyclic amines) is 1. The van der Waals surface area contributed by atoms with E-state index in [9.17, 15) is 5.11 Å². The second kappa shape index (κ2) is 3.87. The number of nitrogens with zero attached hydrogens (tertiary/aromatic N) is 1. The molecule has 1 N–H and O–H groups in total. The molecule has 4 nitrogen and oxygen atoms in total. The molecule has 4 aliphatic rings. The minimum atomic E-state index is -0.154. The maximum Gasteiger partial charge on any atom is 0.169 e. The van der Waals surface area contributed by atoms with Gasteiger partial charge in [-0.1, -0.05) is 12.1 Å². The first kappa shape index (κ1) is 12.6. The van der Waals surface area contributed by atoms with Crippen LogP contribution in [0.15, 0.2) is 35.6 Å². The second-order valence-corrected chi connectivity index (χ2v) is 6.76. The van der Waals surface area contributed by atoms with E-state index >= 15 is 0 Å². The Morgan fingerprint density at radius 1 is 1.36 bits per heavy atom. The van der Waals surface area contributed by atoms with Gasteiger partial charge in [-0.3, -0.25) is 4.90 Å². The summed E-state index contributed by atoms with van der Waals surface area (Å²) in [4.78, 5) is 2.44. The first-order valence-corrected chi connectivity index (χ1v) is 7.85. The Kier molecular flexibility index (Phi) is 2.22. The lowest BCUT2D eigenvalue weighted by Gasteiger charge is -2.52. The van der Waals surface area contributed by atoms with Crippen LogP contribution in [0.25, 0.3) is 0 Å². The highest BCUT2D eigenvalue weighted by molar-refractivity contribution is 5.67. The third-order valence-corrected chi connectivity index (χ3v) is 5.95. The van der Waals surface area contributed by atoms with Crippen molar-refractivity contribution >= 4 is 0 Å². The predicted octanol–water partition coefficient (Wildman–Crippen LogP) is 2.12. The molecule has 0 saturated carbocycles. The van der Waals surface area contributed by atoms with Crippen LogP contribution in [-0.2, 0) is 16.6 Å². The first-order chi connectivity index (χ1) is 10.7. The van der Waals surface area contributed by atoms with Crippen LogP contribution in [0.1, 0.15) is 17.5 Å². The molecular weight excluding hydrogens is 278 g/mol. The van der Waals surface area contributed by atoms with Gasteiger partial charge in [-0.05, 0) is 49.7 Å². The van der Waals surface area contributed by atoms with Gasteiger partial charge in [-0.25, -0.2) is 0 Å². The van der Waals surface area contributed by atoms with Crippen LogP contribution >= 0.6 is 0 Å². The highest BCUT2D eigenvalue weighted by Crippen LogP contribution is 2.62. The van der Waals surface area contributed by atoms with Gasteiger partial charge in [0.1, 0.15) is 5.76 Å². The van der Waals surface area contributed by atoms with Gasteiger partial charge < -0.3 is 14.6 Å². The van der Waals surface area contributed by atoms with E-state index < -0.39 is 0 Å². The van der Waals surface area contributed by atoms with E-state index in [1.54, 1.807) is 13.2 Å². The Bertz CT molecular complexity index is 751. The van der Waals surface area contributed by atoms with Crippen molar-refractivity contribution in [2.45, 2.75) is 30.4 Å². The van der Waals surface area contributed by atoms with Crippen molar-refractivity contribution in [1.82, 2.24) is 4.90 Å².